The summed E-state index contributed by atoms with van der Waals surface area (Å²) in [6.45, 7) is 4.59. The van der Waals surface area contributed by atoms with Crippen LogP contribution >= 0.6 is 11.3 Å². The van der Waals surface area contributed by atoms with Gasteiger partial charge in [0.1, 0.15) is 5.75 Å². The van der Waals surface area contributed by atoms with Crippen molar-refractivity contribution in [3.63, 3.8) is 0 Å². The largest absolute Gasteiger partial charge is 0.494 e. The van der Waals surface area contributed by atoms with E-state index in [1.54, 1.807) is 11.3 Å². The lowest BCUT2D eigenvalue weighted by molar-refractivity contribution is 0.340. The summed E-state index contributed by atoms with van der Waals surface area (Å²) in [7, 11) is 0. The van der Waals surface area contributed by atoms with Crippen LogP contribution in [-0.2, 0) is 19.4 Å². The highest BCUT2D eigenvalue weighted by molar-refractivity contribution is 7.15. The van der Waals surface area contributed by atoms with Crippen LogP contribution in [0.2, 0.25) is 0 Å². The molecule has 0 radical (unpaired) electrons. The standard InChI is InChI=1S/C21H23N3OS/c1-2-25-19-7-3-15(4-8-19)11-20-13-23-21(26-20)24-10-9-16-5-6-18(22)12-17(16)14-24/h3-8,12-13H,2,9-11,14,22H2,1H3. The van der Waals surface area contributed by atoms with Gasteiger partial charge < -0.3 is 15.4 Å². The quantitative estimate of drug-likeness (QED) is 0.686. The van der Waals surface area contributed by atoms with E-state index in [1.807, 2.05) is 31.3 Å². The molecule has 4 nitrogen and oxygen atoms in total. The minimum Gasteiger partial charge on any atom is -0.494 e. The van der Waals surface area contributed by atoms with Crippen molar-refractivity contribution in [3.05, 3.63) is 70.2 Å². The van der Waals surface area contributed by atoms with Crippen molar-refractivity contribution in [3.8, 4) is 5.75 Å². The van der Waals surface area contributed by atoms with E-state index in [0.717, 1.165) is 42.5 Å². The van der Waals surface area contributed by atoms with Crippen LogP contribution in [0.15, 0.2) is 48.7 Å². The number of nitrogens with two attached hydrogens (primary N) is 1. The summed E-state index contributed by atoms with van der Waals surface area (Å²) < 4.78 is 5.51. The van der Waals surface area contributed by atoms with Gasteiger partial charge in [-0.15, -0.1) is 11.3 Å². The number of anilines is 2. The Morgan fingerprint density at radius 2 is 2.00 bits per heavy atom. The lowest BCUT2D eigenvalue weighted by Crippen LogP contribution is -2.30. The molecule has 0 saturated carbocycles. The predicted molar refractivity (Wildman–Crippen MR) is 108 cm³/mol. The molecule has 3 aromatic rings. The fourth-order valence-electron chi connectivity index (χ4n) is 3.34. The molecular formula is C21H23N3OS. The highest BCUT2D eigenvalue weighted by Gasteiger charge is 2.19. The summed E-state index contributed by atoms with van der Waals surface area (Å²) in [6.07, 6.45) is 3.95. The Labute approximate surface area is 158 Å². The lowest BCUT2D eigenvalue weighted by atomic mass is 9.99. The fourth-order valence-corrected chi connectivity index (χ4v) is 4.31. The van der Waals surface area contributed by atoms with Gasteiger partial charge in [0.25, 0.3) is 0 Å². The van der Waals surface area contributed by atoms with Crippen LogP contribution in [0.4, 0.5) is 10.8 Å². The molecule has 0 saturated heterocycles. The van der Waals surface area contributed by atoms with E-state index in [9.17, 15) is 0 Å². The number of benzene rings is 2. The highest BCUT2D eigenvalue weighted by atomic mass is 32.1. The third-order valence-electron chi connectivity index (χ3n) is 4.67. The second kappa shape index (κ2) is 7.38. The van der Waals surface area contributed by atoms with Gasteiger partial charge >= 0.3 is 0 Å². The first kappa shape index (κ1) is 16.9. The normalized spacial score (nSPS) is 13.5. The molecule has 26 heavy (non-hydrogen) atoms. The Hall–Kier alpha value is -2.53. The van der Waals surface area contributed by atoms with E-state index >= 15 is 0 Å². The summed E-state index contributed by atoms with van der Waals surface area (Å²) in [5, 5.41) is 1.10. The molecule has 0 amide bonds. The van der Waals surface area contributed by atoms with Crippen molar-refractivity contribution in [1.29, 1.82) is 0 Å². The van der Waals surface area contributed by atoms with E-state index < -0.39 is 0 Å². The number of nitrogens with zero attached hydrogens (tertiary/aromatic N) is 2. The van der Waals surface area contributed by atoms with Crippen molar-refractivity contribution in [2.75, 3.05) is 23.8 Å². The Balaban J connectivity index is 1.45. The van der Waals surface area contributed by atoms with Crippen molar-refractivity contribution >= 4 is 22.2 Å². The first-order valence-electron chi connectivity index (χ1n) is 9.00. The number of fused-ring (bicyclic) bond motifs is 1. The van der Waals surface area contributed by atoms with Gasteiger partial charge in [0.2, 0.25) is 0 Å². The van der Waals surface area contributed by atoms with Crippen LogP contribution in [0.25, 0.3) is 0 Å². The first-order valence-corrected chi connectivity index (χ1v) is 9.81. The lowest BCUT2D eigenvalue weighted by Gasteiger charge is -2.28. The van der Waals surface area contributed by atoms with Gasteiger partial charge in [-0.25, -0.2) is 4.98 Å². The second-order valence-electron chi connectivity index (χ2n) is 6.56. The van der Waals surface area contributed by atoms with Crippen LogP contribution in [0.5, 0.6) is 5.75 Å². The molecule has 1 aliphatic rings. The van der Waals surface area contributed by atoms with E-state index in [0.29, 0.717) is 6.61 Å². The fraction of sp³-hybridized carbons (Fsp3) is 0.286. The molecule has 0 bridgehead atoms. The maximum Gasteiger partial charge on any atom is 0.185 e. The molecule has 2 aromatic carbocycles. The summed E-state index contributed by atoms with van der Waals surface area (Å²) in [6, 6.07) is 14.6. The van der Waals surface area contributed by atoms with E-state index in [2.05, 4.69) is 34.1 Å². The van der Waals surface area contributed by atoms with Gasteiger partial charge in [-0.2, -0.15) is 0 Å². The van der Waals surface area contributed by atoms with Crippen LogP contribution < -0.4 is 15.4 Å². The average molecular weight is 366 g/mol. The summed E-state index contributed by atoms with van der Waals surface area (Å²) >= 11 is 1.78. The summed E-state index contributed by atoms with van der Waals surface area (Å²) in [4.78, 5) is 8.30. The van der Waals surface area contributed by atoms with Crippen LogP contribution in [0, 0.1) is 0 Å². The molecule has 0 fully saturated rings. The number of hydrogen-bond acceptors (Lipinski definition) is 5. The Morgan fingerprint density at radius 1 is 1.15 bits per heavy atom. The Kier molecular flexibility index (Phi) is 4.80. The number of thiazole rings is 1. The summed E-state index contributed by atoms with van der Waals surface area (Å²) in [5.41, 5.74) is 10.8. The van der Waals surface area contributed by atoms with Crippen molar-refractivity contribution in [1.82, 2.24) is 4.98 Å². The van der Waals surface area contributed by atoms with Gasteiger partial charge in [0, 0.05) is 36.3 Å². The van der Waals surface area contributed by atoms with Crippen LogP contribution in [0.1, 0.15) is 28.5 Å². The smallest absolute Gasteiger partial charge is 0.185 e. The number of nitrogen functional groups attached to an aromatic ring is 1. The Bertz CT molecular complexity index is 889. The number of rotatable bonds is 5. The van der Waals surface area contributed by atoms with E-state index in [-0.39, 0.29) is 0 Å². The molecule has 2 N–H and O–H groups in total. The van der Waals surface area contributed by atoms with Gasteiger partial charge in [-0.1, -0.05) is 18.2 Å². The maximum absolute atomic E-state index is 5.95. The van der Waals surface area contributed by atoms with Crippen molar-refractivity contribution < 1.29 is 4.74 Å². The zero-order chi connectivity index (χ0) is 17.9. The second-order valence-corrected chi connectivity index (χ2v) is 7.66. The predicted octanol–water partition coefficient (Wildman–Crippen LogP) is 4.28. The Morgan fingerprint density at radius 3 is 2.81 bits per heavy atom. The molecule has 0 unspecified atom stereocenters. The van der Waals surface area contributed by atoms with Gasteiger partial charge in [0.15, 0.2) is 5.13 Å². The molecule has 5 heteroatoms. The third kappa shape index (κ3) is 3.68. The SMILES string of the molecule is CCOc1ccc(Cc2cnc(N3CCc4ccc(N)cc4C3)s2)cc1. The van der Waals surface area contributed by atoms with Gasteiger partial charge in [-0.05, 0) is 54.3 Å². The van der Waals surface area contributed by atoms with E-state index in [4.69, 9.17) is 10.5 Å². The van der Waals surface area contributed by atoms with Gasteiger partial charge in [-0.3, -0.25) is 0 Å². The number of aromatic nitrogens is 1. The molecule has 4 rings (SSSR count). The molecule has 1 aliphatic heterocycles. The zero-order valence-electron chi connectivity index (χ0n) is 14.9. The molecule has 134 valence electrons. The number of hydrogen-bond donors (Lipinski definition) is 1. The first-order chi connectivity index (χ1) is 12.7. The molecule has 0 atom stereocenters. The van der Waals surface area contributed by atoms with Gasteiger partial charge in [0.05, 0.1) is 6.61 Å². The molecule has 2 heterocycles. The maximum atomic E-state index is 5.95. The summed E-state index contributed by atoms with van der Waals surface area (Å²) in [5.74, 6) is 0.924. The minimum absolute atomic E-state index is 0.697. The topological polar surface area (TPSA) is 51.4 Å². The zero-order valence-corrected chi connectivity index (χ0v) is 15.8. The monoisotopic (exact) mass is 365 g/mol. The van der Waals surface area contributed by atoms with E-state index in [1.165, 1.54) is 21.6 Å². The molecule has 0 aliphatic carbocycles. The minimum atomic E-state index is 0.697. The van der Waals surface area contributed by atoms with Crippen LogP contribution in [0.3, 0.4) is 0 Å². The molecular weight excluding hydrogens is 342 g/mol. The molecule has 1 aromatic heterocycles. The number of ether oxygens (including phenoxy) is 1. The third-order valence-corrected chi connectivity index (χ3v) is 5.73. The van der Waals surface area contributed by atoms with Crippen molar-refractivity contribution in [2.24, 2.45) is 0 Å². The highest BCUT2D eigenvalue weighted by Crippen LogP contribution is 2.30. The van der Waals surface area contributed by atoms with Crippen molar-refractivity contribution in [2.45, 2.75) is 26.3 Å². The van der Waals surface area contributed by atoms with Crippen LogP contribution in [-0.4, -0.2) is 18.1 Å². The molecule has 0 spiro atoms. The average Bonchev–Trinajstić information content (AvgIpc) is 3.11.